The minimum atomic E-state index is 0.146. The molecule has 2 atom stereocenters. The van der Waals surface area contributed by atoms with Gasteiger partial charge in [0.2, 0.25) is 0 Å². The molecule has 0 aliphatic heterocycles. The second-order valence-electron chi connectivity index (χ2n) is 6.46. The van der Waals surface area contributed by atoms with Crippen molar-refractivity contribution in [3.8, 4) is 0 Å². The Hall–Kier alpha value is -1.07. The quantitative estimate of drug-likeness (QED) is 0.795. The van der Waals surface area contributed by atoms with Crippen LogP contribution in [-0.2, 0) is 18.2 Å². The molecule has 5 nitrogen and oxygen atoms in total. The average Bonchev–Trinajstić information content (AvgIpc) is 3.20. The van der Waals surface area contributed by atoms with Crippen molar-refractivity contribution in [2.24, 2.45) is 18.7 Å². The summed E-state index contributed by atoms with van der Waals surface area (Å²) < 4.78 is 7.33. The van der Waals surface area contributed by atoms with E-state index >= 15 is 0 Å². The van der Waals surface area contributed by atoms with Gasteiger partial charge in [0.1, 0.15) is 5.82 Å². The number of hydrogen-bond acceptors (Lipinski definition) is 4. The Balaban J connectivity index is 2.32. The van der Waals surface area contributed by atoms with Crippen LogP contribution in [0.5, 0.6) is 0 Å². The fourth-order valence-corrected chi connectivity index (χ4v) is 3.14. The molecule has 0 aromatic carbocycles. The van der Waals surface area contributed by atoms with Gasteiger partial charge in [0.25, 0.3) is 0 Å². The van der Waals surface area contributed by atoms with Gasteiger partial charge >= 0.3 is 0 Å². The third-order valence-electron chi connectivity index (χ3n) is 4.44. The van der Waals surface area contributed by atoms with Gasteiger partial charge in [-0.15, -0.1) is 0 Å². The number of methoxy groups -OCH3 is 1. The molecule has 1 fully saturated rings. The summed E-state index contributed by atoms with van der Waals surface area (Å²) >= 11 is 0. The van der Waals surface area contributed by atoms with Crippen LogP contribution in [0.15, 0.2) is 0 Å². The largest absolute Gasteiger partial charge is 0.383 e. The molecule has 5 heteroatoms. The van der Waals surface area contributed by atoms with E-state index in [0.717, 1.165) is 31.2 Å². The molecule has 1 saturated carbocycles. The van der Waals surface area contributed by atoms with E-state index in [1.54, 1.807) is 7.11 Å². The van der Waals surface area contributed by atoms with E-state index in [9.17, 15) is 0 Å². The highest BCUT2D eigenvalue weighted by atomic mass is 16.5. The van der Waals surface area contributed by atoms with E-state index in [2.05, 4.69) is 30.8 Å². The van der Waals surface area contributed by atoms with Crippen LogP contribution < -0.4 is 10.6 Å². The lowest BCUT2D eigenvalue weighted by Crippen LogP contribution is -2.39. The van der Waals surface area contributed by atoms with Gasteiger partial charge in [0, 0.05) is 38.3 Å². The molecule has 0 amide bonds. The number of rotatable bonds is 8. The van der Waals surface area contributed by atoms with Crippen LogP contribution in [0.1, 0.15) is 37.9 Å². The van der Waals surface area contributed by atoms with Crippen molar-refractivity contribution in [2.45, 2.75) is 52.1 Å². The van der Waals surface area contributed by atoms with Crippen molar-refractivity contribution in [1.82, 2.24) is 9.78 Å². The molecule has 120 valence electrons. The molecule has 2 unspecified atom stereocenters. The van der Waals surface area contributed by atoms with Gasteiger partial charge in [0.05, 0.1) is 12.3 Å². The predicted octanol–water partition coefficient (Wildman–Crippen LogP) is 1.87. The van der Waals surface area contributed by atoms with E-state index in [0.29, 0.717) is 6.04 Å². The molecule has 0 saturated heterocycles. The van der Waals surface area contributed by atoms with Gasteiger partial charge in [-0.05, 0) is 46.0 Å². The number of nitrogens with zero attached hydrogens (tertiary/aromatic N) is 3. The van der Waals surface area contributed by atoms with Crippen LogP contribution in [0.4, 0.5) is 5.82 Å². The van der Waals surface area contributed by atoms with Gasteiger partial charge in [-0.25, -0.2) is 0 Å². The third-order valence-corrected chi connectivity index (χ3v) is 4.44. The molecule has 1 aromatic rings. The summed E-state index contributed by atoms with van der Waals surface area (Å²) in [6.07, 6.45) is 3.55. The zero-order valence-corrected chi connectivity index (χ0v) is 14.1. The van der Waals surface area contributed by atoms with Gasteiger partial charge < -0.3 is 15.4 Å². The summed E-state index contributed by atoms with van der Waals surface area (Å²) in [6.45, 7) is 8.10. The van der Waals surface area contributed by atoms with Crippen molar-refractivity contribution < 1.29 is 4.74 Å². The highest BCUT2D eigenvalue weighted by molar-refractivity contribution is 5.51. The Morgan fingerprint density at radius 1 is 1.43 bits per heavy atom. The highest BCUT2D eigenvalue weighted by Crippen LogP contribution is 2.38. The zero-order chi connectivity index (χ0) is 15.6. The maximum Gasteiger partial charge on any atom is 0.130 e. The first-order valence-electron chi connectivity index (χ1n) is 7.99. The monoisotopic (exact) mass is 294 g/mol. The molecule has 0 bridgehead atoms. The molecule has 0 spiro atoms. The number of ether oxygens (including phenoxy) is 1. The van der Waals surface area contributed by atoms with Crippen LogP contribution in [-0.4, -0.2) is 42.1 Å². The number of nitrogens with two attached hydrogens (primary N) is 1. The second kappa shape index (κ2) is 6.79. The summed E-state index contributed by atoms with van der Waals surface area (Å²) in [7, 11) is 3.80. The van der Waals surface area contributed by atoms with Crippen LogP contribution in [0, 0.1) is 12.8 Å². The zero-order valence-electron chi connectivity index (χ0n) is 14.1. The minimum absolute atomic E-state index is 0.146. The van der Waals surface area contributed by atoms with E-state index in [-0.39, 0.29) is 6.04 Å². The molecule has 1 aromatic heterocycles. The maximum absolute atomic E-state index is 6.04. The molecule has 2 rings (SSSR count). The average molecular weight is 294 g/mol. The van der Waals surface area contributed by atoms with Gasteiger partial charge in [-0.2, -0.15) is 5.10 Å². The van der Waals surface area contributed by atoms with Crippen molar-refractivity contribution in [1.29, 1.82) is 0 Å². The van der Waals surface area contributed by atoms with Crippen molar-refractivity contribution in [2.75, 3.05) is 25.2 Å². The molecule has 21 heavy (non-hydrogen) atoms. The maximum atomic E-state index is 6.04. The topological polar surface area (TPSA) is 56.3 Å². The van der Waals surface area contributed by atoms with Crippen LogP contribution in [0.25, 0.3) is 0 Å². The number of anilines is 1. The van der Waals surface area contributed by atoms with E-state index in [1.807, 2.05) is 11.7 Å². The molecule has 1 aliphatic carbocycles. The van der Waals surface area contributed by atoms with Crippen LogP contribution >= 0.6 is 0 Å². The minimum Gasteiger partial charge on any atom is -0.383 e. The summed E-state index contributed by atoms with van der Waals surface area (Å²) in [5.74, 6) is 2.03. The SMILES string of the molecule is COCCN(c1c(CC(C)N)c(C)nn1C)C(C)C1CC1. The summed E-state index contributed by atoms with van der Waals surface area (Å²) in [5.41, 5.74) is 8.42. The lowest BCUT2D eigenvalue weighted by Gasteiger charge is -2.32. The van der Waals surface area contributed by atoms with Crippen molar-refractivity contribution in [3.63, 3.8) is 0 Å². The van der Waals surface area contributed by atoms with Gasteiger partial charge in [-0.1, -0.05) is 0 Å². The Kier molecular flexibility index (Phi) is 5.27. The number of hydrogen-bond donors (Lipinski definition) is 1. The Morgan fingerprint density at radius 2 is 2.10 bits per heavy atom. The van der Waals surface area contributed by atoms with Gasteiger partial charge in [0.15, 0.2) is 0 Å². The van der Waals surface area contributed by atoms with Crippen LogP contribution in [0.3, 0.4) is 0 Å². The summed E-state index contributed by atoms with van der Waals surface area (Å²) in [6, 6.07) is 0.675. The first kappa shape index (κ1) is 16.3. The standard InChI is InChI=1S/C16H30N4O/c1-11(17)10-15-12(2)18-19(4)16(15)20(8-9-21-5)13(3)14-6-7-14/h11,13-14H,6-10,17H2,1-5H3. The fraction of sp³-hybridized carbons (Fsp3) is 0.812. The Bertz CT molecular complexity index is 465. The Labute approximate surface area is 128 Å². The normalized spacial score (nSPS) is 17.8. The summed E-state index contributed by atoms with van der Waals surface area (Å²) in [4.78, 5) is 2.47. The molecule has 1 heterocycles. The molecule has 0 radical (unpaired) electrons. The fourth-order valence-electron chi connectivity index (χ4n) is 3.14. The first-order valence-corrected chi connectivity index (χ1v) is 7.99. The lowest BCUT2D eigenvalue weighted by atomic mass is 10.1. The smallest absolute Gasteiger partial charge is 0.130 e. The third kappa shape index (κ3) is 3.77. The first-order chi connectivity index (χ1) is 9.95. The second-order valence-corrected chi connectivity index (χ2v) is 6.46. The Morgan fingerprint density at radius 3 is 2.62 bits per heavy atom. The molecular weight excluding hydrogens is 264 g/mol. The van der Waals surface area contributed by atoms with Crippen molar-refractivity contribution in [3.05, 3.63) is 11.3 Å². The van der Waals surface area contributed by atoms with E-state index < -0.39 is 0 Å². The van der Waals surface area contributed by atoms with Crippen molar-refractivity contribution >= 4 is 5.82 Å². The predicted molar refractivity (Wildman–Crippen MR) is 86.7 cm³/mol. The van der Waals surface area contributed by atoms with E-state index in [4.69, 9.17) is 10.5 Å². The molecule has 2 N–H and O–H groups in total. The number of aryl methyl sites for hydroxylation is 2. The highest BCUT2D eigenvalue weighted by Gasteiger charge is 2.34. The molecule has 1 aliphatic rings. The van der Waals surface area contributed by atoms with Crippen LogP contribution in [0.2, 0.25) is 0 Å². The number of aromatic nitrogens is 2. The van der Waals surface area contributed by atoms with Gasteiger partial charge in [-0.3, -0.25) is 4.68 Å². The van der Waals surface area contributed by atoms with E-state index in [1.165, 1.54) is 24.2 Å². The summed E-state index contributed by atoms with van der Waals surface area (Å²) in [5, 5.41) is 4.63. The molecular formula is C16H30N4O. The lowest BCUT2D eigenvalue weighted by molar-refractivity contribution is 0.202.